The second kappa shape index (κ2) is 10.3. The van der Waals surface area contributed by atoms with Crippen molar-refractivity contribution < 1.29 is 29.0 Å². The van der Waals surface area contributed by atoms with Gasteiger partial charge in [0.15, 0.2) is 0 Å². The van der Waals surface area contributed by atoms with Gasteiger partial charge in [-0.1, -0.05) is 54.6 Å². The fraction of sp³-hybridized carbons (Fsp3) is 0.320. The Labute approximate surface area is 191 Å². The van der Waals surface area contributed by atoms with Crippen LogP contribution in [0.3, 0.4) is 0 Å². The van der Waals surface area contributed by atoms with Crippen LogP contribution in [0.1, 0.15) is 23.5 Å². The highest BCUT2D eigenvalue weighted by Gasteiger charge is 2.34. The molecule has 0 saturated carbocycles. The lowest BCUT2D eigenvalue weighted by Crippen LogP contribution is -2.42. The van der Waals surface area contributed by atoms with Gasteiger partial charge in [0, 0.05) is 37.6 Å². The first kappa shape index (κ1) is 22.5. The molecule has 3 N–H and O–H groups in total. The van der Waals surface area contributed by atoms with Crippen molar-refractivity contribution in [3.05, 3.63) is 71.8 Å². The fourth-order valence-electron chi connectivity index (χ4n) is 4.42. The van der Waals surface area contributed by atoms with Crippen LogP contribution in [0.4, 0.5) is 4.79 Å². The van der Waals surface area contributed by atoms with E-state index in [1.807, 2.05) is 24.3 Å². The maximum absolute atomic E-state index is 12.4. The SMILES string of the molecule is O=C(O)/C=C/CNC(=O)C1OCCC1CNC(=O)OCC1c2ccccc2-c2ccccc21. The molecule has 1 aliphatic heterocycles. The highest BCUT2D eigenvalue weighted by Crippen LogP contribution is 2.44. The van der Waals surface area contributed by atoms with Gasteiger partial charge in [-0.05, 0) is 28.7 Å². The van der Waals surface area contributed by atoms with Crippen LogP contribution >= 0.6 is 0 Å². The average molecular weight is 450 g/mol. The number of nitrogens with one attached hydrogen (secondary N) is 2. The molecule has 0 bridgehead atoms. The van der Waals surface area contributed by atoms with Crippen molar-refractivity contribution >= 4 is 18.0 Å². The molecule has 2 amide bonds. The van der Waals surface area contributed by atoms with Crippen molar-refractivity contribution in [3.8, 4) is 11.1 Å². The molecule has 4 rings (SSSR count). The lowest BCUT2D eigenvalue weighted by Gasteiger charge is -2.19. The number of carboxylic acid groups (broad SMARTS) is 1. The van der Waals surface area contributed by atoms with Crippen molar-refractivity contribution in [2.75, 3.05) is 26.3 Å². The fourth-order valence-corrected chi connectivity index (χ4v) is 4.42. The number of hydrogen-bond donors (Lipinski definition) is 3. The van der Waals surface area contributed by atoms with Gasteiger partial charge >= 0.3 is 12.1 Å². The molecule has 1 saturated heterocycles. The first-order chi connectivity index (χ1) is 16.0. The highest BCUT2D eigenvalue weighted by atomic mass is 16.5. The first-order valence-electron chi connectivity index (χ1n) is 10.9. The number of carboxylic acids is 1. The molecule has 1 fully saturated rings. The standard InChI is InChI=1S/C25H26N2O6/c28-22(29)10-5-12-26-24(30)23-16(11-13-32-23)14-27-25(31)33-15-21-19-8-3-1-6-17(19)18-7-2-4-9-20(18)21/h1-10,16,21,23H,11-15H2,(H,26,30)(H,27,31)(H,28,29)/b10-5+. The molecule has 8 nitrogen and oxygen atoms in total. The molecular formula is C25H26N2O6. The van der Waals surface area contributed by atoms with Gasteiger partial charge in [-0.3, -0.25) is 4.79 Å². The van der Waals surface area contributed by atoms with E-state index < -0.39 is 18.2 Å². The summed E-state index contributed by atoms with van der Waals surface area (Å²) in [6.07, 6.45) is 1.71. The minimum absolute atomic E-state index is 0.0182. The van der Waals surface area contributed by atoms with Crippen LogP contribution in [0, 0.1) is 5.92 Å². The van der Waals surface area contributed by atoms with Crippen molar-refractivity contribution in [1.82, 2.24) is 10.6 Å². The van der Waals surface area contributed by atoms with Gasteiger partial charge in [0.25, 0.3) is 0 Å². The summed E-state index contributed by atoms with van der Waals surface area (Å²) in [5.41, 5.74) is 4.61. The molecule has 172 valence electrons. The maximum atomic E-state index is 12.4. The van der Waals surface area contributed by atoms with Gasteiger partial charge in [-0.25, -0.2) is 9.59 Å². The van der Waals surface area contributed by atoms with Crippen LogP contribution in [-0.4, -0.2) is 55.5 Å². The third kappa shape index (κ3) is 5.23. The molecule has 0 aromatic heterocycles. The van der Waals surface area contributed by atoms with Crippen LogP contribution in [0.15, 0.2) is 60.7 Å². The Morgan fingerprint density at radius 2 is 1.70 bits per heavy atom. The van der Waals surface area contributed by atoms with Crippen molar-refractivity contribution in [3.63, 3.8) is 0 Å². The Balaban J connectivity index is 1.28. The minimum Gasteiger partial charge on any atom is -0.478 e. The van der Waals surface area contributed by atoms with Crippen LogP contribution < -0.4 is 10.6 Å². The highest BCUT2D eigenvalue weighted by molar-refractivity contribution is 5.82. The third-order valence-electron chi connectivity index (χ3n) is 5.98. The summed E-state index contributed by atoms with van der Waals surface area (Å²) < 4.78 is 11.1. The second-order valence-corrected chi connectivity index (χ2v) is 8.03. The lowest BCUT2D eigenvalue weighted by molar-refractivity contribution is -0.132. The molecule has 2 unspecified atom stereocenters. The summed E-state index contributed by atoms with van der Waals surface area (Å²) in [6, 6.07) is 16.3. The molecule has 0 spiro atoms. The van der Waals surface area contributed by atoms with Gasteiger partial charge in [-0.2, -0.15) is 0 Å². The molecule has 1 aliphatic carbocycles. The summed E-state index contributed by atoms with van der Waals surface area (Å²) in [4.78, 5) is 35.2. The Hall–Kier alpha value is -3.65. The zero-order valence-electron chi connectivity index (χ0n) is 18.0. The summed E-state index contributed by atoms with van der Waals surface area (Å²) >= 11 is 0. The number of carbonyl (C=O) groups excluding carboxylic acids is 2. The second-order valence-electron chi connectivity index (χ2n) is 8.03. The van der Waals surface area contributed by atoms with Gasteiger partial charge in [0.2, 0.25) is 5.91 Å². The molecule has 1 heterocycles. The maximum Gasteiger partial charge on any atom is 0.407 e. The van der Waals surface area contributed by atoms with Crippen molar-refractivity contribution in [1.29, 1.82) is 0 Å². The van der Waals surface area contributed by atoms with Gasteiger partial charge in [-0.15, -0.1) is 0 Å². The number of fused-ring (bicyclic) bond motifs is 3. The number of ether oxygens (including phenoxy) is 2. The summed E-state index contributed by atoms with van der Waals surface area (Å²) in [6.45, 7) is 0.984. The lowest BCUT2D eigenvalue weighted by atomic mass is 9.98. The number of carbonyl (C=O) groups is 3. The predicted molar refractivity (Wildman–Crippen MR) is 121 cm³/mol. The Bertz CT molecular complexity index is 1020. The molecule has 33 heavy (non-hydrogen) atoms. The van der Waals surface area contributed by atoms with Crippen LogP contribution in [0.2, 0.25) is 0 Å². The van der Waals surface area contributed by atoms with Gasteiger partial charge in [0.05, 0.1) is 0 Å². The average Bonchev–Trinajstić information content (AvgIpc) is 3.42. The number of alkyl carbamates (subject to hydrolysis) is 1. The van der Waals surface area contributed by atoms with Gasteiger partial charge < -0.3 is 25.2 Å². The van der Waals surface area contributed by atoms with Crippen LogP contribution in [0.5, 0.6) is 0 Å². The molecule has 2 aliphatic rings. The van der Waals surface area contributed by atoms with E-state index in [4.69, 9.17) is 14.6 Å². The quantitative estimate of drug-likeness (QED) is 0.533. The number of benzene rings is 2. The molecule has 2 aromatic rings. The minimum atomic E-state index is -1.08. The third-order valence-corrected chi connectivity index (χ3v) is 5.98. The van der Waals surface area contributed by atoms with Crippen LogP contribution in [-0.2, 0) is 19.1 Å². The predicted octanol–water partition coefficient (Wildman–Crippen LogP) is 2.69. The van der Waals surface area contributed by atoms with Crippen molar-refractivity contribution in [2.45, 2.75) is 18.4 Å². The Morgan fingerprint density at radius 1 is 1.03 bits per heavy atom. The smallest absolute Gasteiger partial charge is 0.407 e. The monoisotopic (exact) mass is 450 g/mol. The molecule has 2 atom stereocenters. The van der Waals surface area contributed by atoms with E-state index in [0.717, 1.165) is 28.3 Å². The topological polar surface area (TPSA) is 114 Å². The van der Waals surface area contributed by atoms with E-state index in [0.29, 0.717) is 13.0 Å². The molecule has 8 heteroatoms. The number of rotatable bonds is 8. The van der Waals surface area contributed by atoms with E-state index >= 15 is 0 Å². The largest absolute Gasteiger partial charge is 0.478 e. The van der Waals surface area contributed by atoms with Gasteiger partial charge in [0.1, 0.15) is 12.7 Å². The zero-order valence-corrected chi connectivity index (χ0v) is 18.0. The van der Waals surface area contributed by atoms with E-state index in [9.17, 15) is 14.4 Å². The normalized spacial score (nSPS) is 19.2. The number of amides is 2. The summed E-state index contributed by atoms with van der Waals surface area (Å²) in [7, 11) is 0. The van der Waals surface area contributed by atoms with Crippen LogP contribution in [0.25, 0.3) is 11.1 Å². The number of aliphatic carboxylic acids is 1. The molecule has 0 radical (unpaired) electrons. The van der Waals surface area contributed by atoms with E-state index in [1.165, 1.54) is 6.08 Å². The Morgan fingerprint density at radius 3 is 2.36 bits per heavy atom. The van der Waals surface area contributed by atoms with E-state index in [1.54, 1.807) is 0 Å². The first-order valence-corrected chi connectivity index (χ1v) is 10.9. The molecule has 2 aromatic carbocycles. The number of hydrogen-bond acceptors (Lipinski definition) is 5. The molecular weight excluding hydrogens is 424 g/mol. The Kier molecular flexibility index (Phi) is 7.04. The summed E-state index contributed by atoms with van der Waals surface area (Å²) in [5.74, 6) is -1.61. The van der Waals surface area contributed by atoms with E-state index in [2.05, 4.69) is 34.9 Å². The van der Waals surface area contributed by atoms with E-state index in [-0.39, 0.29) is 37.4 Å². The zero-order chi connectivity index (χ0) is 23.2. The van der Waals surface area contributed by atoms with Crippen molar-refractivity contribution in [2.24, 2.45) is 5.92 Å². The summed E-state index contributed by atoms with van der Waals surface area (Å²) in [5, 5.41) is 14.0.